The number of carbonyl (C=O) groups is 1. The van der Waals surface area contributed by atoms with Crippen molar-refractivity contribution in [2.24, 2.45) is 50.7 Å². The number of epoxide rings is 1. The van der Waals surface area contributed by atoms with Gasteiger partial charge in [-0.05, 0) is 97.2 Å². The third-order valence-electron chi connectivity index (χ3n) is 16.6. The smallest absolute Gasteiger partial charge is 0.302 e. The Hall–Kier alpha value is -0.850. The van der Waals surface area contributed by atoms with Crippen molar-refractivity contribution in [1.82, 2.24) is 0 Å². The number of fused-ring (bicyclic) bond motifs is 6. The van der Waals surface area contributed by atoms with E-state index in [4.69, 9.17) is 28.4 Å². The van der Waals surface area contributed by atoms with E-state index >= 15 is 0 Å². The molecule has 47 heavy (non-hydrogen) atoms. The average Bonchev–Trinajstić information content (AvgIpc) is 3.81. The van der Waals surface area contributed by atoms with Crippen LogP contribution in [0.4, 0.5) is 0 Å². The molecule has 4 aliphatic heterocycles. The summed E-state index contributed by atoms with van der Waals surface area (Å²) in [5, 5.41) is 31.0. The molecule has 9 rings (SSSR count). The highest BCUT2D eigenvalue weighted by Gasteiger charge is 2.86. The first-order chi connectivity index (χ1) is 22.0. The molecule has 0 amide bonds. The van der Waals surface area contributed by atoms with E-state index in [0.717, 1.165) is 51.4 Å². The number of ether oxygens (including phenoxy) is 6. The normalized spacial score (nSPS) is 62.8. The molecule has 5 aliphatic carbocycles. The molecule has 9 aliphatic rings. The van der Waals surface area contributed by atoms with E-state index in [-0.39, 0.29) is 75.6 Å². The number of carbonyl (C=O) groups excluding carboxylic acids is 1. The average molecular weight is 661 g/mol. The number of hydrogen-bond acceptors (Lipinski definition) is 10. The van der Waals surface area contributed by atoms with Gasteiger partial charge in [0.05, 0.1) is 25.4 Å². The monoisotopic (exact) mass is 660 g/mol. The molecule has 3 spiro atoms. The van der Waals surface area contributed by atoms with Gasteiger partial charge in [0.2, 0.25) is 0 Å². The molecule has 5 saturated carbocycles. The van der Waals surface area contributed by atoms with Crippen LogP contribution in [0.3, 0.4) is 0 Å². The Kier molecular flexibility index (Phi) is 6.50. The van der Waals surface area contributed by atoms with E-state index in [2.05, 4.69) is 41.5 Å². The van der Waals surface area contributed by atoms with Gasteiger partial charge in [0.1, 0.15) is 36.1 Å². The summed E-state index contributed by atoms with van der Waals surface area (Å²) in [5.74, 6) is 0.642. The predicted octanol–water partition coefficient (Wildman–Crippen LogP) is 3.71. The van der Waals surface area contributed by atoms with E-state index < -0.39 is 30.4 Å². The molecule has 264 valence electrons. The van der Waals surface area contributed by atoms with Crippen LogP contribution in [0.25, 0.3) is 0 Å². The van der Waals surface area contributed by atoms with Crippen LogP contribution in [0.2, 0.25) is 0 Å². The van der Waals surface area contributed by atoms with Gasteiger partial charge in [0, 0.05) is 18.8 Å². The van der Waals surface area contributed by atoms with Crippen LogP contribution in [0.15, 0.2) is 0 Å². The molecule has 0 aromatic carbocycles. The van der Waals surface area contributed by atoms with Crippen LogP contribution in [-0.4, -0.2) is 94.9 Å². The quantitative estimate of drug-likeness (QED) is 0.234. The predicted molar refractivity (Wildman–Crippen MR) is 166 cm³/mol. The first-order valence-electron chi connectivity index (χ1n) is 18.5. The van der Waals surface area contributed by atoms with E-state index in [0.29, 0.717) is 24.4 Å². The molecule has 10 heteroatoms. The Morgan fingerprint density at radius 3 is 2.30 bits per heavy atom. The summed E-state index contributed by atoms with van der Waals surface area (Å²) >= 11 is 0. The van der Waals surface area contributed by atoms with Crippen LogP contribution in [0, 0.1) is 50.7 Å². The van der Waals surface area contributed by atoms with Gasteiger partial charge in [-0.1, -0.05) is 34.6 Å². The molecule has 0 aromatic rings. The lowest BCUT2D eigenvalue weighted by Gasteiger charge is -2.65. The van der Waals surface area contributed by atoms with Gasteiger partial charge < -0.3 is 43.7 Å². The van der Waals surface area contributed by atoms with Crippen LogP contribution >= 0.6 is 0 Å². The summed E-state index contributed by atoms with van der Waals surface area (Å²) in [4.78, 5) is 12.9. The lowest BCUT2D eigenvalue weighted by molar-refractivity contribution is -0.309. The fourth-order valence-corrected chi connectivity index (χ4v) is 14.6. The fraction of sp³-hybridized carbons (Fsp3) is 0.973. The Morgan fingerprint density at radius 1 is 0.872 bits per heavy atom. The third kappa shape index (κ3) is 3.78. The summed E-state index contributed by atoms with van der Waals surface area (Å²) in [6.45, 7) is 16.1. The molecule has 9 fully saturated rings. The maximum Gasteiger partial charge on any atom is 0.302 e. The molecular weight excluding hydrogens is 604 g/mol. The van der Waals surface area contributed by atoms with Gasteiger partial charge in [-0.15, -0.1) is 0 Å². The highest BCUT2D eigenvalue weighted by Crippen LogP contribution is 2.89. The zero-order chi connectivity index (χ0) is 33.3. The number of esters is 1. The second-order valence-electron chi connectivity index (χ2n) is 18.9. The maximum absolute atomic E-state index is 12.9. The molecule has 18 atom stereocenters. The second kappa shape index (κ2) is 9.52. The third-order valence-corrected chi connectivity index (χ3v) is 16.6. The maximum atomic E-state index is 12.9. The van der Waals surface area contributed by atoms with Crippen molar-refractivity contribution in [2.45, 2.75) is 160 Å². The largest absolute Gasteiger partial charge is 0.462 e. The second-order valence-corrected chi connectivity index (χ2v) is 18.9. The number of aliphatic hydroxyl groups excluding tert-OH is 3. The summed E-state index contributed by atoms with van der Waals surface area (Å²) in [6.07, 6.45) is 2.89. The molecular formula is C37H56O10. The Bertz CT molecular complexity index is 1360. The van der Waals surface area contributed by atoms with Crippen LogP contribution in [-0.2, 0) is 33.2 Å². The van der Waals surface area contributed by atoms with Crippen molar-refractivity contribution >= 4 is 5.97 Å². The number of rotatable bonds is 3. The Labute approximate surface area is 278 Å². The molecule has 10 nitrogen and oxygen atoms in total. The SMILES string of the molecule is CC(=O)O[C@@H]1C[C@@]23C[C@@]24CC[C@H](O[C@@H]2OC[C@@H](O)[C@H](O)[C@H]2O)C(C)(C)[C@H]4CC[C@@H]3[C@]2(C)C[C@H]3O[C@@]4(C[C@@H](C)[C@H]3[C@@]12C)OC[C@]1(C)O[C@H]41. The number of aliphatic hydroxyl groups is 3. The van der Waals surface area contributed by atoms with Gasteiger partial charge in [0.25, 0.3) is 0 Å². The number of hydrogen-bond donors (Lipinski definition) is 3. The zero-order valence-corrected chi connectivity index (χ0v) is 29.2. The van der Waals surface area contributed by atoms with Gasteiger partial charge in [-0.25, -0.2) is 0 Å². The first-order valence-corrected chi connectivity index (χ1v) is 18.5. The first kappa shape index (κ1) is 32.1. The molecule has 4 saturated heterocycles. The highest BCUT2D eigenvalue weighted by atomic mass is 16.8. The van der Waals surface area contributed by atoms with Gasteiger partial charge in [-0.2, -0.15) is 0 Å². The lowest BCUT2D eigenvalue weighted by Crippen LogP contribution is -2.64. The summed E-state index contributed by atoms with van der Waals surface area (Å²) in [7, 11) is 0. The van der Waals surface area contributed by atoms with Crippen molar-refractivity contribution in [3.63, 3.8) is 0 Å². The molecule has 0 unspecified atom stereocenters. The summed E-state index contributed by atoms with van der Waals surface area (Å²) in [6, 6.07) is 0. The van der Waals surface area contributed by atoms with Crippen molar-refractivity contribution in [3.8, 4) is 0 Å². The van der Waals surface area contributed by atoms with Gasteiger partial charge in [-0.3, -0.25) is 4.79 Å². The van der Waals surface area contributed by atoms with E-state index in [1.165, 1.54) is 0 Å². The van der Waals surface area contributed by atoms with E-state index in [9.17, 15) is 20.1 Å². The zero-order valence-electron chi connectivity index (χ0n) is 29.2. The van der Waals surface area contributed by atoms with E-state index in [1.54, 1.807) is 6.92 Å². The Balaban J connectivity index is 1.03. The molecule has 4 heterocycles. The molecule has 3 N–H and O–H groups in total. The van der Waals surface area contributed by atoms with Gasteiger partial charge >= 0.3 is 5.97 Å². The minimum Gasteiger partial charge on any atom is -0.462 e. The fourth-order valence-electron chi connectivity index (χ4n) is 14.6. The highest BCUT2D eigenvalue weighted by molar-refractivity contribution is 5.66. The lowest BCUT2D eigenvalue weighted by atomic mass is 9.41. The van der Waals surface area contributed by atoms with E-state index in [1.807, 2.05) is 0 Å². The Morgan fingerprint density at radius 2 is 1.62 bits per heavy atom. The van der Waals surface area contributed by atoms with Crippen LogP contribution in [0.5, 0.6) is 0 Å². The molecule has 0 bridgehead atoms. The van der Waals surface area contributed by atoms with Crippen molar-refractivity contribution in [3.05, 3.63) is 0 Å². The molecule has 0 radical (unpaired) electrons. The van der Waals surface area contributed by atoms with Crippen LogP contribution in [0.1, 0.15) is 99.8 Å². The standard InChI is InChI=1S/C37H56O10/c1-18-12-37(30-33(6,47-30)17-43-37)46-21-13-32(5)23-9-8-22-31(3,4)24(45-29-28(41)27(40)20(39)15-42-29)10-11-35(22)16-36(23,35)14-25(44-19(2)38)34(32,7)26(18)21/h18,20-30,39-41H,8-17H2,1-7H3/t18-,20-,21-,22-,23-,24+,25-,26-,27+,28-,29+,30+,32+,33+,34-,35-,36+,37-/m1/s1. The van der Waals surface area contributed by atoms with Gasteiger partial charge in [0.15, 0.2) is 12.1 Å². The topological polar surface area (TPSA) is 136 Å². The van der Waals surface area contributed by atoms with Crippen LogP contribution < -0.4 is 0 Å². The minimum atomic E-state index is -1.29. The minimum absolute atomic E-state index is 0.00697. The van der Waals surface area contributed by atoms with Crippen molar-refractivity contribution in [2.75, 3.05) is 13.2 Å². The van der Waals surface area contributed by atoms with Crippen molar-refractivity contribution < 1.29 is 48.5 Å². The summed E-state index contributed by atoms with van der Waals surface area (Å²) in [5.41, 5.74) is -0.492. The summed E-state index contributed by atoms with van der Waals surface area (Å²) < 4.78 is 38.4. The van der Waals surface area contributed by atoms with Crippen molar-refractivity contribution in [1.29, 1.82) is 0 Å². The molecule has 0 aromatic heterocycles.